The van der Waals surface area contributed by atoms with Gasteiger partial charge in [0.05, 0.1) is 6.04 Å². The van der Waals surface area contributed by atoms with E-state index in [0.29, 0.717) is 12.8 Å². The summed E-state index contributed by atoms with van der Waals surface area (Å²) in [5.41, 5.74) is -1.02. The van der Waals surface area contributed by atoms with Crippen LogP contribution in [0.15, 0.2) is 6.20 Å². The van der Waals surface area contributed by atoms with Crippen molar-refractivity contribution in [1.29, 1.82) is 0 Å². The quantitative estimate of drug-likeness (QED) is 0.866. The normalized spacial score (nSPS) is 22.2. The highest BCUT2D eigenvalue weighted by molar-refractivity contribution is 7.11. The van der Waals surface area contributed by atoms with Crippen LogP contribution in [0.2, 0.25) is 0 Å². The number of aromatic nitrogens is 1. The molecule has 112 valence electrons. The summed E-state index contributed by atoms with van der Waals surface area (Å²) in [6.07, 6.45) is 4.52. The Kier molecular flexibility index (Phi) is 3.32. The zero-order valence-corrected chi connectivity index (χ0v) is 12.8. The number of carbonyl (C=O) groups is 3. The van der Waals surface area contributed by atoms with Crippen molar-refractivity contribution in [2.45, 2.75) is 45.6 Å². The predicted octanol–water partition coefficient (Wildman–Crippen LogP) is 2.02. The molecule has 0 bridgehead atoms. The molecular weight excluding hydrogens is 290 g/mol. The van der Waals surface area contributed by atoms with Crippen molar-refractivity contribution in [3.05, 3.63) is 16.1 Å². The first-order valence-corrected chi connectivity index (χ1v) is 7.95. The van der Waals surface area contributed by atoms with Crippen molar-refractivity contribution in [3.63, 3.8) is 0 Å². The number of aryl methyl sites for hydroxylation is 1. The van der Waals surface area contributed by atoms with Crippen LogP contribution >= 0.6 is 11.3 Å². The molecule has 2 aliphatic rings. The number of nitrogens with one attached hydrogen (secondary N) is 1. The minimum absolute atomic E-state index is 0.372. The number of carbonyl (C=O) groups excluding carboxylic acids is 3. The number of rotatable bonds is 3. The summed E-state index contributed by atoms with van der Waals surface area (Å²) < 4.78 is 0. The van der Waals surface area contributed by atoms with Gasteiger partial charge in [0.2, 0.25) is 11.8 Å². The average Bonchev–Trinajstić information content (AvgIpc) is 2.85. The maximum atomic E-state index is 12.7. The molecule has 1 spiro atoms. The summed E-state index contributed by atoms with van der Waals surface area (Å²) in [6.45, 7) is 3.81. The third kappa shape index (κ3) is 1.98. The molecule has 0 radical (unpaired) electrons. The van der Waals surface area contributed by atoms with E-state index in [9.17, 15) is 14.4 Å². The highest BCUT2D eigenvalue weighted by Gasteiger charge is 2.58. The summed E-state index contributed by atoms with van der Waals surface area (Å²) in [7, 11) is 0. The van der Waals surface area contributed by atoms with Gasteiger partial charge >= 0.3 is 6.03 Å². The Bertz CT molecular complexity index is 621. The fourth-order valence-corrected chi connectivity index (χ4v) is 3.71. The second-order valence-electron chi connectivity index (χ2n) is 5.56. The van der Waals surface area contributed by atoms with Crippen molar-refractivity contribution in [2.75, 3.05) is 0 Å². The molecule has 6 nitrogen and oxygen atoms in total. The predicted molar refractivity (Wildman–Crippen MR) is 76.6 cm³/mol. The monoisotopic (exact) mass is 307 g/mol. The third-order valence-electron chi connectivity index (χ3n) is 4.37. The molecule has 1 N–H and O–H groups in total. The van der Waals surface area contributed by atoms with Gasteiger partial charge in [0.1, 0.15) is 10.4 Å². The van der Waals surface area contributed by atoms with Gasteiger partial charge in [0, 0.05) is 11.1 Å². The van der Waals surface area contributed by atoms with Crippen LogP contribution in [0.4, 0.5) is 4.79 Å². The Hall–Kier alpha value is -1.76. The molecule has 1 unspecified atom stereocenters. The zero-order valence-electron chi connectivity index (χ0n) is 12.0. The Morgan fingerprint density at radius 1 is 1.43 bits per heavy atom. The van der Waals surface area contributed by atoms with Gasteiger partial charge in [-0.15, -0.1) is 11.3 Å². The number of hydrogen-bond donors (Lipinski definition) is 1. The number of amides is 4. The second kappa shape index (κ2) is 4.91. The summed E-state index contributed by atoms with van der Waals surface area (Å²) in [6, 6.07) is -1.09. The van der Waals surface area contributed by atoms with E-state index in [-0.39, 0.29) is 5.91 Å². The van der Waals surface area contributed by atoms with Crippen molar-refractivity contribution < 1.29 is 14.4 Å². The average molecular weight is 307 g/mol. The topological polar surface area (TPSA) is 79.4 Å². The molecule has 1 saturated carbocycles. The molecule has 3 rings (SSSR count). The molecule has 4 amide bonds. The van der Waals surface area contributed by atoms with Crippen LogP contribution in [0.1, 0.15) is 49.0 Å². The molecular formula is C14H17N3O3S. The first-order valence-electron chi connectivity index (χ1n) is 7.13. The maximum absolute atomic E-state index is 12.7. The standard InChI is InChI=1S/C14H17N3O3S/c1-3-9-7-15-10(21-9)8(2)17-12(19)14(5-4-6-14)11(18)16-13(17)20/h7-8H,3-6H2,1-2H3,(H,16,18,20). The Morgan fingerprint density at radius 3 is 2.67 bits per heavy atom. The van der Waals surface area contributed by atoms with Gasteiger partial charge < -0.3 is 0 Å². The molecule has 2 fully saturated rings. The Balaban J connectivity index is 1.90. The fourth-order valence-electron chi connectivity index (χ4n) is 2.81. The second-order valence-corrected chi connectivity index (χ2v) is 6.71. The number of imide groups is 2. The molecule has 21 heavy (non-hydrogen) atoms. The number of thiazole rings is 1. The van der Waals surface area contributed by atoms with E-state index in [1.807, 2.05) is 6.92 Å². The third-order valence-corrected chi connectivity index (χ3v) is 5.69. The van der Waals surface area contributed by atoms with E-state index in [1.54, 1.807) is 13.1 Å². The minimum Gasteiger partial charge on any atom is -0.277 e. The molecule has 1 aromatic heterocycles. The molecule has 1 aliphatic carbocycles. The van der Waals surface area contributed by atoms with Gasteiger partial charge in [-0.1, -0.05) is 13.3 Å². The van der Waals surface area contributed by atoms with Crippen molar-refractivity contribution in [3.8, 4) is 0 Å². The van der Waals surface area contributed by atoms with Crippen LogP contribution in [0.25, 0.3) is 0 Å². The summed E-state index contributed by atoms with van der Waals surface area (Å²) in [4.78, 5) is 43.3. The lowest BCUT2D eigenvalue weighted by molar-refractivity contribution is -0.159. The highest BCUT2D eigenvalue weighted by Crippen LogP contribution is 2.46. The van der Waals surface area contributed by atoms with Crippen molar-refractivity contribution >= 4 is 29.2 Å². The van der Waals surface area contributed by atoms with Gasteiger partial charge in [-0.2, -0.15) is 0 Å². The molecule has 1 aromatic rings. The number of barbiturate groups is 1. The minimum atomic E-state index is -1.02. The number of urea groups is 1. The molecule has 2 heterocycles. The van der Waals surface area contributed by atoms with Gasteiger partial charge in [0.25, 0.3) is 0 Å². The van der Waals surface area contributed by atoms with Gasteiger partial charge in [-0.3, -0.25) is 19.8 Å². The van der Waals surface area contributed by atoms with Crippen LogP contribution < -0.4 is 5.32 Å². The van der Waals surface area contributed by atoms with Crippen LogP contribution in [0.3, 0.4) is 0 Å². The summed E-state index contributed by atoms with van der Waals surface area (Å²) in [5.74, 6) is -0.816. The smallest absolute Gasteiger partial charge is 0.277 e. The van der Waals surface area contributed by atoms with E-state index in [2.05, 4.69) is 10.3 Å². The maximum Gasteiger partial charge on any atom is 0.331 e. The van der Waals surface area contributed by atoms with Crippen molar-refractivity contribution in [2.24, 2.45) is 5.41 Å². The first-order chi connectivity index (χ1) is 9.99. The van der Waals surface area contributed by atoms with Gasteiger partial charge in [-0.05, 0) is 26.2 Å². The van der Waals surface area contributed by atoms with Crippen LogP contribution in [0, 0.1) is 5.41 Å². The molecule has 1 aliphatic heterocycles. The summed E-state index contributed by atoms with van der Waals surface area (Å²) in [5, 5.41) is 3.05. The first kappa shape index (κ1) is 14.2. The molecule has 7 heteroatoms. The Morgan fingerprint density at radius 2 is 2.14 bits per heavy atom. The lowest BCUT2D eigenvalue weighted by atomic mass is 9.66. The van der Waals surface area contributed by atoms with Crippen LogP contribution in [0.5, 0.6) is 0 Å². The van der Waals surface area contributed by atoms with E-state index in [4.69, 9.17) is 0 Å². The van der Waals surface area contributed by atoms with Gasteiger partial charge in [-0.25, -0.2) is 9.78 Å². The van der Waals surface area contributed by atoms with E-state index >= 15 is 0 Å². The van der Waals surface area contributed by atoms with E-state index < -0.39 is 23.4 Å². The van der Waals surface area contributed by atoms with E-state index in [1.165, 1.54) is 16.2 Å². The Labute approximate surface area is 126 Å². The van der Waals surface area contributed by atoms with E-state index in [0.717, 1.165) is 22.7 Å². The van der Waals surface area contributed by atoms with Gasteiger partial charge in [0.15, 0.2) is 0 Å². The zero-order chi connectivity index (χ0) is 15.2. The summed E-state index contributed by atoms with van der Waals surface area (Å²) >= 11 is 1.50. The van der Waals surface area contributed by atoms with Crippen LogP contribution in [-0.2, 0) is 16.0 Å². The lowest BCUT2D eigenvalue weighted by Gasteiger charge is -2.45. The number of hydrogen-bond acceptors (Lipinski definition) is 5. The molecule has 0 aromatic carbocycles. The molecule has 1 atom stereocenters. The largest absolute Gasteiger partial charge is 0.331 e. The highest BCUT2D eigenvalue weighted by atomic mass is 32.1. The number of nitrogens with zero attached hydrogens (tertiary/aromatic N) is 2. The fraction of sp³-hybridized carbons (Fsp3) is 0.571. The SMILES string of the molecule is CCc1cnc(C(C)N2C(=O)NC(=O)C3(CCC3)C2=O)s1. The van der Waals surface area contributed by atoms with Crippen molar-refractivity contribution in [1.82, 2.24) is 15.2 Å². The molecule has 1 saturated heterocycles. The van der Waals surface area contributed by atoms with Crippen LogP contribution in [-0.4, -0.2) is 27.7 Å². The lowest BCUT2D eigenvalue weighted by Crippen LogP contribution is -2.66.